The molecule has 0 spiro atoms. The van der Waals surface area contributed by atoms with E-state index in [1.165, 1.54) is 0 Å². The van der Waals surface area contributed by atoms with Crippen LogP contribution >= 0.6 is 0 Å². The molecule has 11 heteroatoms. The van der Waals surface area contributed by atoms with E-state index in [1.807, 2.05) is 5.32 Å². The first-order valence-corrected chi connectivity index (χ1v) is 5.75. The Morgan fingerprint density at radius 2 is 1.67 bits per heavy atom. The summed E-state index contributed by atoms with van der Waals surface area (Å²) in [5.74, 6) is -3.76. The number of aliphatic hydroxyl groups is 3. The minimum Gasteiger partial charge on any atom is -0.480 e. The molecule has 1 fully saturated rings. The van der Waals surface area contributed by atoms with Crippen molar-refractivity contribution in [3.63, 3.8) is 0 Å². The Labute approximate surface area is 117 Å². The van der Waals surface area contributed by atoms with Crippen molar-refractivity contribution >= 4 is 17.8 Å². The van der Waals surface area contributed by atoms with Gasteiger partial charge in [-0.15, -0.1) is 0 Å². The number of carboxylic acid groups (broad SMARTS) is 2. The first-order chi connectivity index (χ1) is 9.73. The van der Waals surface area contributed by atoms with Crippen LogP contribution in [0.1, 0.15) is 0 Å². The molecule has 11 nitrogen and oxygen atoms in total. The molecule has 0 aromatic heterocycles. The number of carbonyl (C=O) groups excluding carboxylic acids is 1. The summed E-state index contributed by atoms with van der Waals surface area (Å²) in [4.78, 5) is 32.3. The topological polar surface area (TPSA) is 183 Å². The lowest BCUT2D eigenvalue weighted by atomic mass is 9.97. The highest BCUT2D eigenvalue weighted by molar-refractivity contribution is 5.78. The lowest BCUT2D eigenvalue weighted by Crippen LogP contribution is -2.65. The van der Waals surface area contributed by atoms with Crippen LogP contribution in [0.5, 0.6) is 0 Å². The van der Waals surface area contributed by atoms with Crippen molar-refractivity contribution in [2.45, 2.75) is 30.6 Å². The first kappa shape index (κ1) is 17.3. The zero-order chi connectivity index (χ0) is 16.2. The number of aliphatic carboxylic acids is 2. The molecule has 1 heterocycles. The predicted molar refractivity (Wildman–Crippen MR) is 60.9 cm³/mol. The Hall–Kier alpha value is -1.79. The molecule has 21 heavy (non-hydrogen) atoms. The number of ether oxygens (including phenoxy) is 2. The Bertz CT molecular complexity index is 413. The van der Waals surface area contributed by atoms with Crippen LogP contribution in [0.4, 0.5) is 0 Å². The van der Waals surface area contributed by atoms with Gasteiger partial charge < -0.3 is 40.3 Å². The van der Waals surface area contributed by atoms with Gasteiger partial charge >= 0.3 is 11.9 Å². The predicted octanol–water partition coefficient (Wildman–Crippen LogP) is -3.90. The van der Waals surface area contributed by atoms with Gasteiger partial charge in [0.2, 0.25) is 5.91 Å². The van der Waals surface area contributed by atoms with Gasteiger partial charge in [0.05, 0.1) is 0 Å². The van der Waals surface area contributed by atoms with Crippen LogP contribution in [-0.2, 0) is 23.9 Å². The van der Waals surface area contributed by atoms with Crippen LogP contribution < -0.4 is 5.32 Å². The Morgan fingerprint density at radius 3 is 2.19 bits per heavy atom. The summed E-state index contributed by atoms with van der Waals surface area (Å²) in [5.41, 5.74) is 0. The Balaban J connectivity index is 2.56. The van der Waals surface area contributed by atoms with Crippen LogP contribution in [0, 0.1) is 0 Å². The van der Waals surface area contributed by atoms with Crippen molar-refractivity contribution in [2.24, 2.45) is 0 Å². The fourth-order valence-electron chi connectivity index (χ4n) is 1.70. The van der Waals surface area contributed by atoms with E-state index in [0.717, 1.165) is 0 Å². The molecule has 1 aliphatic rings. The SMILES string of the molecule is O=C(O)COCC(=O)N[C@@H]1[C@@H](O)[C@H](O)[C@@H](C(=O)O)O[C@H]1O. The lowest BCUT2D eigenvalue weighted by molar-refractivity contribution is -0.249. The highest BCUT2D eigenvalue weighted by Gasteiger charge is 2.47. The molecule has 0 saturated carbocycles. The van der Waals surface area contributed by atoms with Gasteiger partial charge in [0, 0.05) is 0 Å². The molecular weight excluding hydrogens is 294 g/mol. The first-order valence-electron chi connectivity index (χ1n) is 5.75. The number of rotatable bonds is 6. The monoisotopic (exact) mass is 309 g/mol. The van der Waals surface area contributed by atoms with Crippen LogP contribution in [0.15, 0.2) is 0 Å². The van der Waals surface area contributed by atoms with Crippen LogP contribution in [-0.4, -0.2) is 87.2 Å². The molecule has 6 N–H and O–H groups in total. The highest BCUT2D eigenvalue weighted by atomic mass is 16.6. The number of nitrogens with one attached hydrogen (secondary N) is 1. The van der Waals surface area contributed by atoms with Crippen LogP contribution in [0.3, 0.4) is 0 Å². The maximum atomic E-state index is 11.4. The number of carbonyl (C=O) groups is 3. The van der Waals surface area contributed by atoms with Crippen LogP contribution in [0.25, 0.3) is 0 Å². The van der Waals surface area contributed by atoms with Gasteiger partial charge in [0.1, 0.15) is 31.5 Å². The molecule has 5 atom stereocenters. The van der Waals surface area contributed by atoms with E-state index in [-0.39, 0.29) is 0 Å². The maximum Gasteiger partial charge on any atom is 0.335 e. The maximum absolute atomic E-state index is 11.4. The zero-order valence-corrected chi connectivity index (χ0v) is 10.6. The average molecular weight is 309 g/mol. The number of hydrogen-bond donors (Lipinski definition) is 6. The van der Waals surface area contributed by atoms with E-state index in [1.54, 1.807) is 0 Å². The van der Waals surface area contributed by atoms with Gasteiger partial charge in [-0.3, -0.25) is 4.79 Å². The van der Waals surface area contributed by atoms with E-state index in [0.29, 0.717) is 0 Å². The van der Waals surface area contributed by atoms with Crippen molar-refractivity contribution in [1.29, 1.82) is 0 Å². The molecular formula is C10H15NO10. The minimum absolute atomic E-state index is 0.666. The number of carboxylic acids is 2. The third-order valence-electron chi connectivity index (χ3n) is 2.65. The second-order valence-corrected chi connectivity index (χ2v) is 4.25. The van der Waals surface area contributed by atoms with E-state index in [2.05, 4.69) is 9.47 Å². The minimum atomic E-state index is -1.87. The summed E-state index contributed by atoms with van der Waals surface area (Å²) < 4.78 is 9.07. The van der Waals surface area contributed by atoms with Gasteiger partial charge in [0.25, 0.3) is 0 Å². The van der Waals surface area contributed by atoms with Crippen molar-refractivity contribution < 1.29 is 49.4 Å². The summed E-state index contributed by atoms with van der Waals surface area (Å²) >= 11 is 0. The molecule has 1 amide bonds. The fraction of sp³-hybridized carbons (Fsp3) is 0.700. The summed E-state index contributed by atoms with van der Waals surface area (Å²) in [7, 11) is 0. The fourth-order valence-corrected chi connectivity index (χ4v) is 1.70. The van der Waals surface area contributed by atoms with E-state index >= 15 is 0 Å². The summed E-state index contributed by atoms with van der Waals surface area (Å²) in [6.07, 6.45) is -7.37. The second kappa shape index (κ2) is 7.28. The van der Waals surface area contributed by atoms with E-state index in [4.69, 9.17) is 10.2 Å². The van der Waals surface area contributed by atoms with E-state index < -0.39 is 61.7 Å². The van der Waals surface area contributed by atoms with Gasteiger partial charge in [-0.2, -0.15) is 0 Å². The number of hydrogen-bond acceptors (Lipinski definition) is 8. The van der Waals surface area contributed by atoms with Crippen molar-refractivity contribution in [3.8, 4) is 0 Å². The molecule has 0 aliphatic carbocycles. The summed E-state index contributed by atoms with van der Waals surface area (Å²) in [6, 6.07) is -1.49. The number of amides is 1. The average Bonchev–Trinajstić information content (AvgIpc) is 2.38. The third-order valence-corrected chi connectivity index (χ3v) is 2.65. The van der Waals surface area contributed by atoms with Gasteiger partial charge in [-0.1, -0.05) is 0 Å². The molecule has 0 unspecified atom stereocenters. The second-order valence-electron chi connectivity index (χ2n) is 4.25. The van der Waals surface area contributed by atoms with Crippen LogP contribution in [0.2, 0.25) is 0 Å². The van der Waals surface area contributed by atoms with Crippen molar-refractivity contribution in [2.75, 3.05) is 13.2 Å². The smallest absolute Gasteiger partial charge is 0.335 e. The molecule has 0 bridgehead atoms. The largest absolute Gasteiger partial charge is 0.480 e. The molecule has 0 aromatic rings. The summed E-state index contributed by atoms with van der Waals surface area (Å²) in [5, 5.41) is 47.8. The summed E-state index contributed by atoms with van der Waals surface area (Å²) in [6.45, 7) is -1.38. The third kappa shape index (κ3) is 4.61. The Kier molecular flexibility index (Phi) is 5.99. The molecule has 1 saturated heterocycles. The van der Waals surface area contributed by atoms with Crippen molar-refractivity contribution in [1.82, 2.24) is 5.32 Å². The highest BCUT2D eigenvalue weighted by Crippen LogP contribution is 2.20. The molecule has 1 rings (SSSR count). The molecule has 0 radical (unpaired) electrons. The quantitative estimate of drug-likeness (QED) is 0.283. The normalized spacial score (nSPS) is 32.4. The standard InChI is InChI=1S/C10H15NO10/c12-3(1-20-2-4(13)14)11-5-6(15)7(16)8(9(17)18)21-10(5)19/h5-8,10,15-16,19H,1-2H2,(H,11,12)(H,13,14)(H,17,18)/t5-,6-,7+,8+,10-/m1/s1. The molecule has 120 valence electrons. The van der Waals surface area contributed by atoms with Gasteiger partial charge in [0.15, 0.2) is 12.4 Å². The van der Waals surface area contributed by atoms with Crippen molar-refractivity contribution in [3.05, 3.63) is 0 Å². The zero-order valence-electron chi connectivity index (χ0n) is 10.6. The van der Waals surface area contributed by atoms with E-state index in [9.17, 15) is 29.7 Å². The van der Waals surface area contributed by atoms with Gasteiger partial charge in [-0.05, 0) is 0 Å². The Morgan fingerprint density at radius 1 is 1.05 bits per heavy atom. The van der Waals surface area contributed by atoms with Gasteiger partial charge in [-0.25, -0.2) is 9.59 Å². The number of aliphatic hydroxyl groups excluding tert-OH is 3. The molecule has 1 aliphatic heterocycles. The lowest BCUT2D eigenvalue weighted by Gasteiger charge is -2.39. The molecule has 0 aromatic carbocycles.